The van der Waals surface area contributed by atoms with E-state index in [0.29, 0.717) is 60.9 Å². The van der Waals surface area contributed by atoms with E-state index in [-0.39, 0.29) is 31.2 Å². The molecule has 1 saturated heterocycles. The van der Waals surface area contributed by atoms with Gasteiger partial charge in [-0.15, -0.1) is 0 Å². The van der Waals surface area contributed by atoms with E-state index in [1.807, 2.05) is 30.3 Å². The molecule has 0 aliphatic carbocycles. The monoisotopic (exact) mass is 543 g/mol. The lowest BCUT2D eigenvalue weighted by Crippen LogP contribution is -2.38. The smallest absolute Gasteiger partial charge is 0.254 e. The van der Waals surface area contributed by atoms with Gasteiger partial charge < -0.3 is 29.1 Å². The first-order chi connectivity index (χ1) is 19.5. The summed E-state index contributed by atoms with van der Waals surface area (Å²) in [7, 11) is 1.62. The fraction of sp³-hybridized carbons (Fsp3) is 0.290. The molecule has 9 heteroatoms. The second-order valence-corrected chi connectivity index (χ2v) is 10.1. The SMILES string of the molecule is COc1ccc(CN(Cc2cc3ccc(F)cc3nc2N2CCC(O)CC2)C(=O)c2ccc3c(c2)OCO3)cc1. The Kier molecular flexibility index (Phi) is 7.13. The third-order valence-electron chi connectivity index (χ3n) is 7.40. The van der Waals surface area contributed by atoms with Crippen LogP contribution in [0.25, 0.3) is 10.9 Å². The highest BCUT2D eigenvalue weighted by molar-refractivity contribution is 5.95. The Morgan fingerprint density at radius 2 is 1.80 bits per heavy atom. The van der Waals surface area contributed by atoms with Crippen molar-refractivity contribution in [3.05, 3.63) is 89.2 Å². The molecule has 1 fully saturated rings. The van der Waals surface area contributed by atoms with E-state index < -0.39 is 0 Å². The van der Waals surface area contributed by atoms with Gasteiger partial charge >= 0.3 is 0 Å². The fourth-order valence-electron chi connectivity index (χ4n) is 5.21. The van der Waals surface area contributed by atoms with E-state index in [2.05, 4.69) is 4.90 Å². The molecule has 8 nitrogen and oxygen atoms in total. The largest absolute Gasteiger partial charge is 0.497 e. The zero-order valence-corrected chi connectivity index (χ0v) is 22.2. The normalized spacial score (nSPS) is 14.9. The van der Waals surface area contributed by atoms with E-state index >= 15 is 0 Å². The van der Waals surface area contributed by atoms with Crippen molar-refractivity contribution >= 4 is 22.6 Å². The summed E-state index contributed by atoms with van der Waals surface area (Å²) in [5.41, 5.74) is 2.82. The summed E-state index contributed by atoms with van der Waals surface area (Å²) in [6.07, 6.45) is 0.888. The quantitative estimate of drug-likeness (QED) is 0.354. The minimum absolute atomic E-state index is 0.125. The van der Waals surface area contributed by atoms with Crippen LogP contribution in [0.4, 0.5) is 10.2 Å². The Morgan fingerprint density at radius 1 is 1.02 bits per heavy atom. The highest BCUT2D eigenvalue weighted by atomic mass is 19.1. The maximum absolute atomic E-state index is 14.1. The predicted octanol–water partition coefficient (Wildman–Crippen LogP) is 4.91. The van der Waals surface area contributed by atoms with Crippen molar-refractivity contribution in [2.24, 2.45) is 0 Å². The molecule has 1 amide bonds. The first kappa shape index (κ1) is 25.9. The van der Waals surface area contributed by atoms with Gasteiger partial charge in [0, 0.05) is 48.8 Å². The van der Waals surface area contributed by atoms with Gasteiger partial charge in [-0.25, -0.2) is 9.37 Å². The van der Waals surface area contributed by atoms with E-state index in [9.17, 15) is 14.3 Å². The molecule has 0 saturated carbocycles. The average molecular weight is 544 g/mol. The zero-order valence-electron chi connectivity index (χ0n) is 22.2. The molecule has 0 radical (unpaired) electrons. The predicted molar refractivity (Wildman–Crippen MR) is 148 cm³/mol. The number of aromatic nitrogens is 1. The maximum atomic E-state index is 14.1. The van der Waals surface area contributed by atoms with E-state index in [0.717, 1.165) is 22.3 Å². The van der Waals surface area contributed by atoms with Crippen molar-refractivity contribution in [2.75, 3.05) is 31.9 Å². The molecule has 0 atom stereocenters. The number of amides is 1. The summed E-state index contributed by atoms with van der Waals surface area (Å²) >= 11 is 0. The van der Waals surface area contributed by atoms with E-state index in [1.165, 1.54) is 12.1 Å². The highest BCUT2D eigenvalue weighted by Crippen LogP contribution is 2.34. The van der Waals surface area contributed by atoms with Crippen molar-refractivity contribution in [3.8, 4) is 17.2 Å². The molecule has 2 aliphatic heterocycles. The highest BCUT2D eigenvalue weighted by Gasteiger charge is 2.25. The number of nitrogens with zero attached hydrogens (tertiary/aromatic N) is 3. The van der Waals surface area contributed by atoms with Gasteiger partial charge in [0.1, 0.15) is 17.4 Å². The molecule has 0 spiro atoms. The molecule has 3 heterocycles. The van der Waals surface area contributed by atoms with Crippen LogP contribution in [0.1, 0.15) is 34.3 Å². The summed E-state index contributed by atoms with van der Waals surface area (Å²) in [4.78, 5) is 22.7. The van der Waals surface area contributed by atoms with Crippen LogP contribution in [-0.2, 0) is 13.1 Å². The molecule has 3 aromatic carbocycles. The van der Waals surface area contributed by atoms with E-state index in [1.54, 1.807) is 36.3 Å². The number of hydrogen-bond acceptors (Lipinski definition) is 7. The Hall–Kier alpha value is -4.37. The van der Waals surface area contributed by atoms with Gasteiger partial charge in [-0.1, -0.05) is 12.1 Å². The molecule has 0 bridgehead atoms. The van der Waals surface area contributed by atoms with Crippen LogP contribution in [0.5, 0.6) is 17.2 Å². The standard InChI is InChI=1S/C31H30FN3O5/c1-38-26-7-2-20(3-8-26)17-35(31(37)22-5-9-28-29(15-22)40-19-39-28)18-23-14-21-4-6-24(32)16-27(21)33-30(23)34-12-10-25(36)11-13-34/h2-9,14-16,25,36H,10-13,17-19H2,1H3. The number of fused-ring (bicyclic) bond motifs is 2. The van der Waals surface area contributed by atoms with Crippen molar-refractivity contribution in [2.45, 2.75) is 32.0 Å². The average Bonchev–Trinajstić information content (AvgIpc) is 3.45. The first-order valence-electron chi connectivity index (χ1n) is 13.3. The number of aliphatic hydroxyl groups is 1. The minimum atomic E-state index is -0.355. The number of aliphatic hydroxyl groups excluding tert-OH is 1. The molecule has 206 valence electrons. The van der Waals surface area contributed by atoms with Gasteiger partial charge in [0.05, 0.1) is 18.7 Å². The van der Waals surface area contributed by atoms with Crippen LogP contribution in [0.2, 0.25) is 0 Å². The van der Waals surface area contributed by atoms with Crippen LogP contribution in [0.15, 0.2) is 66.7 Å². The van der Waals surface area contributed by atoms with Crippen molar-refractivity contribution in [3.63, 3.8) is 0 Å². The number of piperidine rings is 1. The van der Waals surface area contributed by atoms with Crippen molar-refractivity contribution < 1.29 is 28.5 Å². The van der Waals surface area contributed by atoms with E-state index in [4.69, 9.17) is 19.2 Å². The molecule has 1 N–H and O–H groups in total. The number of benzene rings is 3. The van der Waals surface area contributed by atoms with Gasteiger partial charge in [-0.3, -0.25) is 4.79 Å². The van der Waals surface area contributed by atoms with Crippen LogP contribution >= 0.6 is 0 Å². The van der Waals surface area contributed by atoms with Gasteiger partial charge in [-0.2, -0.15) is 0 Å². The van der Waals surface area contributed by atoms with Gasteiger partial charge in [-0.05, 0) is 66.9 Å². The number of carbonyl (C=O) groups excluding carboxylic acids is 1. The summed E-state index contributed by atoms with van der Waals surface area (Å²) in [5, 5.41) is 10.9. The minimum Gasteiger partial charge on any atom is -0.497 e. The third kappa shape index (κ3) is 5.37. The third-order valence-corrected chi connectivity index (χ3v) is 7.40. The lowest BCUT2D eigenvalue weighted by atomic mass is 10.0. The lowest BCUT2D eigenvalue weighted by Gasteiger charge is -2.33. The number of anilines is 1. The van der Waals surface area contributed by atoms with Gasteiger partial charge in [0.25, 0.3) is 5.91 Å². The summed E-state index contributed by atoms with van der Waals surface area (Å²) in [6.45, 7) is 1.98. The molecule has 40 heavy (non-hydrogen) atoms. The fourth-order valence-corrected chi connectivity index (χ4v) is 5.21. The number of hydrogen-bond donors (Lipinski definition) is 1. The number of pyridine rings is 1. The Balaban J connectivity index is 1.39. The summed E-state index contributed by atoms with van der Waals surface area (Å²) < 4.78 is 30.3. The zero-order chi connectivity index (χ0) is 27.6. The Labute approximate surface area is 231 Å². The van der Waals surface area contributed by atoms with Crippen LogP contribution in [0.3, 0.4) is 0 Å². The molecular weight excluding hydrogens is 513 g/mol. The van der Waals surface area contributed by atoms with Gasteiger partial charge in [0.2, 0.25) is 6.79 Å². The Bertz CT molecular complexity index is 1540. The maximum Gasteiger partial charge on any atom is 0.254 e. The lowest BCUT2D eigenvalue weighted by molar-refractivity contribution is 0.0729. The van der Waals surface area contributed by atoms with Crippen molar-refractivity contribution in [1.82, 2.24) is 9.88 Å². The van der Waals surface area contributed by atoms with Crippen LogP contribution in [-0.4, -0.2) is 54.0 Å². The summed E-state index contributed by atoms with van der Waals surface area (Å²) in [5.74, 6) is 2.05. The van der Waals surface area contributed by atoms with Crippen LogP contribution < -0.4 is 19.1 Å². The van der Waals surface area contributed by atoms with Gasteiger partial charge in [0.15, 0.2) is 11.5 Å². The molecule has 4 aromatic rings. The number of carbonyl (C=O) groups is 1. The second-order valence-electron chi connectivity index (χ2n) is 10.1. The van der Waals surface area contributed by atoms with Crippen LogP contribution in [0, 0.1) is 5.82 Å². The molecular formula is C31H30FN3O5. The number of rotatable bonds is 7. The number of ether oxygens (including phenoxy) is 3. The summed E-state index contributed by atoms with van der Waals surface area (Å²) in [6, 6.07) is 19.3. The molecule has 1 aromatic heterocycles. The van der Waals surface area contributed by atoms with Crippen molar-refractivity contribution in [1.29, 1.82) is 0 Å². The topological polar surface area (TPSA) is 84.4 Å². The number of halogens is 1. The second kappa shape index (κ2) is 11.0. The molecule has 2 aliphatic rings. The Morgan fingerprint density at radius 3 is 2.58 bits per heavy atom. The number of methoxy groups -OCH3 is 1. The molecule has 6 rings (SSSR count). The molecule has 0 unspecified atom stereocenters. The first-order valence-corrected chi connectivity index (χ1v) is 13.3.